The van der Waals surface area contributed by atoms with Crippen LogP contribution >= 0.6 is 11.6 Å². The van der Waals surface area contributed by atoms with Crippen LogP contribution in [0.3, 0.4) is 0 Å². The van der Waals surface area contributed by atoms with Crippen LogP contribution in [0.2, 0.25) is 5.02 Å². The van der Waals surface area contributed by atoms with Crippen LogP contribution in [0.5, 0.6) is 11.5 Å². The number of carbonyl (C=O) groups excluding carboxylic acids is 2. The molecule has 0 bridgehead atoms. The minimum absolute atomic E-state index is 0.0398. The number of ether oxygens (including phenoxy) is 3. The highest BCUT2D eigenvalue weighted by Gasteiger charge is 2.31. The van der Waals surface area contributed by atoms with Crippen LogP contribution in [0, 0.1) is 10.1 Å². The molecule has 0 saturated carbocycles. The molecule has 8 nitrogen and oxygen atoms in total. The van der Waals surface area contributed by atoms with Crippen LogP contribution in [-0.4, -0.2) is 29.6 Å². The maximum atomic E-state index is 12.8. The van der Waals surface area contributed by atoms with Crippen molar-refractivity contribution in [2.45, 2.75) is 26.1 Å². The summed E-state index contributed by atoms with van der Waals surface area (Å²) in [5.41, 5.74) is -2.17. The summed E-state index contributed by atoms with van der Waals surface area (Å²) >= 11 is 5.83. The average molecular weight is 462 g/mol. The van der Waals surface area contributed by atoms with Gasteiger partial charge < -0.3 is 14.2 Å². The highest BCUT2D eigenvalue weighted by Crippen LogP contribution is 2.37. The SMILES string of the molecule is CCOC(=O)[C@@H](C)OC(=O)c1cc(Oc2ccc(C(F)(F)F)cc2Cl)ccc1[N+](=O)[O-]. The molecule has 2 aromatic carbocycles. The van der Waals surface area contributed by atoms with E-state index in [2.05, 4.69) is 0 Å². The topological polar surface area (TPSA) is 105 Å². The summed E-state index contributed by atoms with van der Waals surface area (Å²) in [6, 6.07) is 5.37. The summed E-state index contributed by atoms with van der Waals surface area (Å²) in [5, 5.41) is 10.9. The number of carbonyl (C=O) groups is 2. The second-order valence-electron chi connectivity index (χ2n) is 5.98. The predicted octanol–water partition coefficient (Wildman–Crippen LogP) is 5.17. The van der Waals surface area contributed by atoms with Crippen molar-refractivity contribution in [1.29, 1.82) is 0 Å². The Balaban J connectivity index is 2.32. The molecule has 0 fully saturated rings. The van der Waals surface area contributed by atoms with Gasteiger partial charge in [-0.05, 0) is 38.1 Å². The van der Waals surface area contributed by atoms with E-state index in [0.717, 1.165) is 30.3 Å². The van der Waals surface area contributed by atoms with Gasteiger partial charge in [0, 0.05) is 12.1 Å². The molecule has 12 heteroatoms. The molecule has 0 heterocycles. The van der Waals surface area contributed by atoms with E-state index >= 15 is 0 Å². The van der Waals surface area contributed by atoms with Crippen LogP contribution in [-0.2, 0) is 20.4 Å². The van der Waals surface area contributed by atoms with Crippen molar-refractivity contribution < 1.29 is 41.9 Å². The number of hydrogen-bond acceptors (Lipinski definition) is 7. The van der Waals surface area contributed by atoms with Crippen molar-refractivity contribution in [2.75, 3.05) is 6.61 Å². The Morgan fingerprint density at radius 1 is 1.19 bits per heavy atom. The van der Waals surface area contributed by atoms with Gasteiger partial charge in [0.1, 0.15) is 17.1 Å². The van der Waals surface area contributed by atoms with Crippen molar-refractivity contribution in [1.82, 2.24) is 0 Å². The summed E-state index contributed by atoms with van der Waals surface area (Å²) in [4.78, 5) is 34.4. The lowest BCUT2D eigenvalue weighted by Crippen LogP contribution is -2.26. The average Bonchev–Trinajstić information content (AvgIpc) is 2.68. The van der Waals surface area contributed by atoms with E-state index in [-0.39, 0.29) is 23.1 Å². The third kappa shape index (κ3) is 6.07. The van der Waals surface area contributed by atoms with E-state index in [1.807, 2.05) is 0 Å². The number of benzene rings is 2. The van der Waals surface area contributed by atoms with E-state index < -0.39 is 46.0 Å². The molecule has 2 aromatic rings. The van der Waals surface area contributed by atoms with Gasteiger partial charge >= 0.3 is 18.1 Å². The zero-order valence-electron chi connectivity index (χ0n) is 16.1. The van der Waals surface area contributed by atoms with Gasteiger partial charge in [0.25, 0.3) is 5.69 Å². The zero-order chi connectivity index (χ0) is 23.3. The number of nitro groups is 1. The largest absolute Gasteiger partial charge is 0.463 e. The highest BCUT2D eigenvalue weighted by molar-refractivity contribution is 6.32. The van der Waals surface area contributed by atoms with E-state index in [4.69, 9.17) is 25.8 Å². The van der Waals surface area contributed by atoms with Crippen LogP contribution in [0.15, 0.2) is 36.4 Å². The Morgan fingerprint density at radius 2 is 1.87 bits per heavy atom. The van der Waals surface area contributed by atoms with Crippen molar-refractivity contribution in [3.8, 4) is 11.5 Å². The quantitative estimate of drug-likeness (QED) is 0.318. The van der Waals surface area contributed by atoms with Gasteiger partial charge in [0.05, 0.1) is 22.1 Å². The van der Waals surface area contributed by atoms with Crippen molar-refractivity contribution in [3.63, 3.8) is 0 Å². The highest BCUT2D eigenvalue weighted by atomic mass is 35.5. The fourth-order valence-electron chi connectivity index (χ4n) is 2.32. The third-order valence-corrected chi connectivity index (χ3v) is 4.07. The van der Waals surface area contributed by atoms with Crippen molar-refractivity contribution in [3.05, 3.63) is 62.7 Å². The van der Waals surface area contributed by atoms with Gasteiger partial charge in [-0.3, -0.25) is 10.1 Å². The Morgan fingerprint density at radius 3 is 2.42 bits per heavy atom. The summed E-state index contributed by atoms with van der Waals surface area (Å²) < 4.78 is 53.2. The first-order valence-corrected chi connectivity index (χ1v) is 9.02. The Kier molecular flexibility index (Phi) is 7.45. The van der Waals surface area contributed by atoms with Crippen LogP contribution in [0.4, 0.5) is 18.9 Å². The molecule has 0 spiro atoms. The maximum absolute atomic E-state index is 12.8. The lowest BCUT2D eigenvalue weighted by molar-refractivity contribution is -0.385. The van der Waals surface area contributed by atoms with Crippen LogP contribution in [0.25, 0.3) is 0 Å². The maximum Gasteiger partial charge on any atom is 0.416 e. The predicted molar refractivity (Wildman–Crippen MR) is 101 cm³/mol. The molecule has 0 amide bonds. The molecule has 0 aromatic heterocycles. The van der Waals surface area contributed by atoms with Crippen molar-refractivity contribution in [2.24, 2.45) is 0 Å². The van der Waals surface area contributed by atoms with Gasteiger partial charge in [-0.2, -0.15) is 13.2 Å². The van der Waals surface area contributed by atoms with E-state index in [1.165, 1.54) is 6.92 Å². The van der Waals surface area contributed by atoms with Gasteiger partial charge in [0.2, 0.25) is 0 Å². The Labute approximate surface area is 178 Å². The molecule has 0 radical (unpaired) electrons. The first-order chi connectivity index (χ1) is 14.4. The van der Waals surface area contributed by atoms with E-state index in [9.17, 15) is 32.9 Å². The number of halogens is 4. The summed E-state index contributed by atoms with van der Waals surface area (Å²) in [6.45, 7) is 2.81. The number of rotatable bonds is 7. The minimum Gasteiger partial charge on any atom is -0.463 e. The first kappa shape index (κ1) is 23.9. The molecule has 0 aliphatic carbocycles. The Bertz CT molecular complexity index is 1010. The minimum atomic E-state index is -4.61. The summed E-state index contributed by atoms with van der Waals surface area (Å²) in [7, 11) is 0. The lowest BCUT2D eigenvalue weighted by atomic mass is 10.1. The van der Waals surface area contributed by atoms with Crippen molar-refractivity contribution >= 4 is 29.2 Å². The second kappa shape index (κ2) is 9.65. The number of alkyl halides is 3. The number of nitro benzene ring substituents is 1. The first-order valence-electron chi connectivity index (χ1n) is 8.64. The molecule has 1 atom stereocenters. The molecule has 0 saturated heterocycles. The number of nitrogens with zero attached hydrogens (tertiary/aromatic N) is 1. The standard InChI is InChI=1S/C19H15ClF3NO7/c1-3-29-17(25)10(2)30-18(26)13-9-12(5-6-15(13)24(27)28)31-16-7-4-11(8-14(16)20)19(21,22)23/h4-10H,3H2,1-2H3/t10-/m1/s1. The molecule has 31 heavy (non-hydrogen) atoms. The van der Waals surface area contributed by atoms with E-state index in [1.54, 1.807) is 6.92 Å². The van der Waals surface area contributed by atoms with Gasteiger partial charge in [-0.25, -0.2) is 9.59 Å². The van der Waals surface area contributed by atoms with Crippen LogP contribution in [0.1, 0.15) is 29.8 Å². The lowest BCUT2D eigenvalue weighted by Gasteiger charge is -2.13. The number of esters is 2. The van der Waals surface area contributed by atoms with Gasteiger partial charge in [0.15, 0.2) is 6.10 Å². The molecular weight excluding hydrogens is 447 g/mol. The molecule has 0 unspecified atom stereocenters. The molecule has 0 aliphatic rings. The third-order valence-electron chi connectivity index (χ3n) is 3.77. The van der Waals surface area contributed by atoms with Gasteiger partial charge in [-0.15, -0.1) is 0 Å². The summed E-state index contributed by atoms with van der Waals surface area (Å²) in [6.07, 6.45) is -5.94. The monoisotopic (exact) mass is 461 g/mol. The fourth-order valence-corrected chi connectivity index (χ4v) is 2.54. The number of hydrogen-bond donors (Lipinski definition) is 0. The van der Waals surface area contributed by atoms with Gasteiger partial charge in [-0.1, -0.05) is 11.6 Å². The normalized spacial score (nSPS) is 12.1. The second-order valence-corrected chi connectivity index (χ2v) is 6.39. The molecular formula is C19H15ClF3NO7. The zero-order valence-corrected chi connectivity index (χ0v) is 16.8. The smallest absolute Gasteiger partial charge is 0.416 e. The fraction of sp³-hybridized carbons (Fsp3) is 0.263. The summed E-state index contributed by atoms with van der Waals surface area (Å²) in [5.74, 6) is -2.36. The molecule has 0 aliphatic heterocycles. The Hall–Kier alpha value is -3.34. The van der Waals surface area contributed by atoms with Crippen LogP contribution < -0.4 is 4.74 Å². The molecule has 0 N–H and O–H groups in total. The molecule has 166 valence electrons. The molecule has 2 rings (SSSR count). The van der Waals surface area contributed by atoms with E-state index in [0.29, 0.717) is 6.07 Å².